The Balaban J connectivity index is 0.00000182. The van der Waals surface area contributed by atoms with Crippen molar-refractivity contribution in [2.24, 2.45) is 11.3 Å². The van der Waals surface area contributed by atoms with Crippen molar-refractivity contribution >= 4 is 16.0 Å². The first-order valence-electron chi connectivity index (χ1n) is 8.46. The van der Waals surface area contributed by atoms with Crippen LogP contribution in [0.3, 0.4) is 0 Å². The molecule has 1 aromatic carbocycles. The van der Waals surface area contributed by atoms with Crippen LogP contribution in [-0.2, 0) is 16.8 Å². The van der Waals surface area contributed by atoms with Crippen LogP contribution in [-0.4, -0.2) is 24.2 Å². The van der Waals surface area contributed by atoms with Crippen LogP contribution in [0.25, 0.3) is 5.57 Å². The summed E-state index contributed by atoms with van der Waals surface area (Å²) in [5.74, 6) is 0.534. The summed E-state index contributed by atoms with van der Waals surface area (Å²) in [6.07, 6.45) is 5.36. The number of aliphatic hydroxyl groups excluding tert-OH is 1. The fourth-order valence-electron chi connectivity index (χ4n) is 5.04. The number of allylic oxidation sites excluding steroid dienone is 2. The molecule has 0 saturated heterocycles. The molecular weight excluding hydrogens is 351 g/mol. The molecule has 1 fully saturated rings. The van der Waals surface area contributed by atoms with Gasteiger partial charge >= 0.3 is 29.6 Å². The molecule has 1 aromatic rings. The van der Waals surface area contributed by atoms with Crippen LogP contribution in [0.2, 0.25) is 0 Å². The van der Waals surface area contributed by atoms with Gasteiger partial charge in [-0.05, 0) is 73.3 Å². The van der Waals surface area contributed by atoms with Crippen LogP contribution < -0.4 is 33.7 Å². The Bertz CT molecular complexity index is 832. The quantitative estimate of drug-likeness (QED) is 0.441. The Labute approximate surface area is 170 Å². The number of aryl methyl sites for hydroxylation is 1. The molecule has 25 heavy (non-hydrogen) atoms. The first-order chi connectivity index (χ1) is 11.3. The van der Waals surface area contributed by atoms with Gasteiger partial charge in [-0.2, -0.15) is 0 Å². The van der Waals surface area contributed by atoms with E-state index in [9.17, 15) is 18.1 Å². The molecule has 3 aliphatic carbocycles. The maximum atomic E-state index is 10.8. The average molecular weight is 372 g/mol. The van der Waals surface area contributed by atoms with E-state index in [1.165, 1.54) is 11.1 Å². The van der Waals surface area contributed by atoms with E-state index in [-0.39, 0.29) is 46.8 Å². The van der Waals surface area contributed by atoms with E-state index in [1.807, 2.05) is 6.07 Å². The van der Waals surface area contributed by atoms with Crippen LogP contribution in [0.4, 0.5) is 0 Å². The van der Waals surface area contributed by atoms with E-state index in [0.717, 1.165) is 49.7 Å². The smallest absolute Gasteiger partial charge is 0.716 e. The summed E-state index contributed by atoms with van der Waals surface area (Å²) in [5, 5.41) is 10.4. The van der Waals surface area contributed by atoms with Gasteiger partial charge in [0.25, 0.3) is 10.4 Å². The molecule has 130 valence electrons. The van der Waals surface area contributed by atoms with E-state index in [1.54, 1.807) is 12.1 Å². The fourth-order valence-corrected chi connectivity index (χ4v) is 5.38. The number of aliphatic hydroxyl groups is 1. The molecule has 1 saturated carbocycles. The number of benzene rings is 1. The van der Waals surface area contributed by atoms with Gasteiger partial charge in [0.15, 0.2) is 0 Å². The topological polar surface area (TPSA) is 86.7 Å². The third-order valence-electron chi connectivity index (χ3n) is 6.27. The van der Waals surface area contributed by atoms with Crippen molar-refractivity contribution in [3.05, 3.63) is 34.9 Å². The van der Waals surface area contributed by atoms with Gasteiger partial charge in [-0.25, -0.2) is 8.42 Å². The molecule has 0 unspecified atom stereocenters. The molecule has 7 heteroatoms. The molecule has 0 aliphatic heterocycles. The zero-order valence-electron chi connectivity index (χ0n) is 14.6. The maximum Gasteiger partial charge on any atom is 1.00 e. The van der Waals surface area contributed by atoms with Crippen molar-refractivity contribution in [3.8, 4) is 5.75 Å². The van der Waals surface area contributed by atoms with Crippen LogP contribution in [0.1, 0.15) is 50.2 Å². The van der Waals surface area contributed by atoms with Crippen LogP contribution in [0, 0.1) is 11.3 Å². The minimum absolute atomic E-state index is 0. The summed E-state index contributed by atoms with van der Waals surface area (Å²) >= 11 is 0. The molecule has 0 amide bonds. The molecule has 3 atom stereocenters. The van der Waals surface area contributed by atoms with E-state index in [4.69, 9.17) is 0 Å². The minimum atomic E-state index is -4.74. The summed E-state index contributed by atoms with van der Waals surface area (Å²) < 4.78 is 36.8. The van der Waals surface area contributed by atoms with Gasteiger partial charge in [0.2, 0.25) is 0 Å². The number of hydrogen-bond acceptors (Lipinski definition) is 5. The van der Waals surface area contributed by atoms with Crippen molar-refractivity contribution in [1.29, 1.82) is 0 Å². The first kappa shape index (κ1) is 19.4. The van der Waals surface area contributed by atoms with Gasteiger partial charge in [-0.1, -0.05) is 18.6 Å². The molecule has 0 radical (unpaired) electrons. The van der Waals surface area contributed by atoms with Crippen molar-refractivity contribution < 1.29 is 51.8 Å². The molecule has 5 nitrogen and oxygen atoms in total. The number of hydrogen-bond donors (Lipinski definition) is 1. The molecule has 3 aliphatic rings. The predicted octanol–water partition coefficient (Wildman–Crippen LogP) is -0.200. The molecule has 0 aromatic heterocycles. The van der Waals surface area contributed by atoms with Crippen molar-refractivity contribution in [2.75, 3.05) is 0 Å². The summed E-state index contributed by atoms with van der Waals surface area (Å²) in [4.78, 5) is 0. The Morgan fingerprint density at radius 3 is 2.72 bits per heavy atom. The maximum absolute atomic E-state index is 10.8. The van der Waals surface area contributed by atoms with E-state index >= 15 is 0 Å². The van der Waals surface area contributed by atoms with Crippen LogP contribution >= 0.6 is 0 Å². The fraction of sp³-hybridized carbons (Fsp3) is 0.556. The Hall–Kier alpha value is -0.370. The third-order valence-corrected chi connectivity index (χ3v) is 6.67. The van der Waals surface area contributed by atoms with Crippen molar-refractivity contribution in [3.63, 3.8) is 0 Å². The monoisotopic (exact) mass is 372 g/mol. The van der Waals surface area contributed by atoms with Crippen LogP contribution in [0.15, 0.2) is 23.8 Å². The summed E-state index contributed by atoms with van der Waals surface area (Å²) in [7, 11) is -4.74. The summed E-state index contributed by atoms with van der Waals surface area (Å²) in [6, 6.07) is 5.10. The number of fused-ring (bicyclic) bond motifs is 4. The second-order valence-electron chi connectivity index (χ2n) is 7.47. The molecule has 4 rings (SSSR count). The van der Waals surface area contributed by atoms with Crippen LogP contribution in [0.5, 0.6) is 5.75 Å². The Morgan fingerprint density at radius 2 is 2.00 bits per heavy atom. The van der Waals surface area contributed by atoms with Crippen molar-refractivity contribution in [1.82, 2.24) is 0 Å². The average Bonchev–Trinajstić information content (AvgIpc) is 2.81. The molecule has 0 heterocycles. The van der Waals surface area contributed by atoms with Gasteiger partial charge < -0.3 is 13.8 Å². The number of rotatable bonds is 2. The Kier molecular flexibility index (Phi) is 5.17. The van der Waals surface area contributed by atoms with Gasteiger partial charge in [-0.15, -0.1) is 0 Å². The molecule has 0 bridgehead atoms. The van der Waals surface area contributed by atoms with Gasteiger partial charge in [0.1, 0.15) is 5.75 Å². The minimum Gasteiger partial charge on any atom is -0.716 e. The standard InChI is InChI=1S/C18H22O5S.Na/c1-18-9-8-14-13-5-3-12(23-24(20,21)22)10-11(13)2-4-15(14)16(18)6-7-17(18)19;/h3,5,10,16-17,19H,2,4,6-9H2,1H3,(H,20,21,22);/q;+1/p-1/t16-,17+,18-;/m0./s1. The van der Waals surface area contributed by atoms with E-state index in [0.29, 0.717) is 5.92 Å². The third kappa shape index (κ3) is 3.33. The normalized spacial score (nSPS) is 30.8. The first-order valence-corrected chi connectivity index (χ1v) is 9.80. The summed E-state index contributed by atoms with van der Waals surface area (Å²) in [5.41, 5.74) is 5.00. The predicted molar refractivity (Wildman–Crippen MR) is 88.1 cm³/mol. The van der Waals surface area contributed by atoms with E-state index < -0.39 is 10.4 Å². The largest absolute Gasteiger partial charge is 1.00 e. The second kappa shape index (κ2) is 6.66. The van der Waals surface area contributed by atoms with Gasteiger partial charge in [0.05, 0.1) is 6.10 Å². The summed E-state index contributed by atoms with van der Waals surface area (Å²) in [6.45, 7) is 2.21. The van der Waals surface area contributed by atoms with E-state index in [2.05, 4.69) is 11.1 Å². The zero-order chi connectivity index (χ0) is 17.1. The van der Waals surface area contributed by atoms with Gasteiger partial charge in [-0.3, -0.25) is 0 Å². The Morgan fingerprint density at radius 1 is 1.24 bits per heavy atom. The van der Waals surface area contributed by atoms with Crippen molar-refractivity contribution in [2.45, 2.75) is 51.6 Å². The second-order valence-corrected chi connectivity index (χ2v) is 8.45. The molecule has 1 N–H and O–H groups in total. The molecular formula is C18H21NaO5S. The SMILES string of the molecule is C[C@]12CCC3=C(CCc4cc(OS(=O)(=O)[O-])ccc43)[C@@H]1CC[C@H]2O.[Na+]. The zero-order valence-corrected chi connectivity index (χ0v) is 17.4. The van der Waals surface area contributed by atoms with Gasteiger partial charge in [0, 0.05) is 5.41 Å². The molecule has 0 spiro atoms.